The highest BCUT2D eigenvalue weighted by atomic mass is 32.2. The third kappa shape index (κ3) is 4.69. The monoisotopic (exact) mass is 429 g/mol. The Morgan fingerprint density at radius 3 is 2.43 bits per heavy atom. The molecule has 0 saturated heterocycles. The van der Waals surface area contributed by atoms with Gasteiger partial charge in [-0.15, -0.1) is 10.2 Å². The number of amides is 1. The smallest absolute Gasteiger partial charge is 0.296 e. The Labute approximate surface area is 176 Å². The molecule has 0 saturated carbocycles. The normalized spacial score (nSPS) is 10.5. The molecule has 0 aliphatic rings. The minimum atomic E-state index is -0.574. The largest absolute Gasteiger partial charge is 0.497 e. The summed E-state index contributed by atoms with van der Waals surface area (Å²) in [6.07, 6.45) is 0. The first kappa shape index (κ1) is 21.1. The standard InChI is InChI=1S/C19H19N5O5S/c1-23-18(12-4-6-13(28-2)7-5-12)21-22-19(23)30-11-17(25)20-15-9-8-14(29-3)10-16(15)24(26)27/h4-10H,11H2,1-3H3,(H,20,25). The second kappa shape index (κ2) is 9.27. The molecular weight excluding hydrogens is 410 g/mol. The van der Waals surface area contributed by atoms with Gasteiger partial charge >= 0.3 is 0 Å². The lowest BCUT2D eigenvalue weighted by atomic mass is 10.2. The fourth-order valence-electron chi connectivity index (χ4n) is 2.64. The van der Waals surface area contributed by atoms with E-state index in [-0.39, 0.29) is 17.1 Å². The molecule has 0 spiro atoms. The molecule has 11 heteroatoms. The van der Waals surface area contributed by atoms with E-state index in [9.17, 15) is 14.9 Å². The number of carbonyl (C=O) groups is 1. The summed E-state index contributed by atoms with van der Waals surface area (Å²) in [5.41, 5.74) is 0.715. The van der Waals surface area contributed by atoms with Crippen LogP contribution in [-0.2, 0) is 11.8 Å². The third-order valence-electron chi connectivity index (χ3n) is 4.19. The molecule has 30 heavy (non-hydrogen) atoms. The number of ether oxygens (including phenoxy) is 2. The molecule has 0 radical (unpaired) electrons. The van der Waals surface area contributed by atoms with E-state index >= 15 is 0 Å². The van der Waals surface area contributed by atoms with Gasteiger partial charge in [-0.25, -0.2) is 0 Å². The van der Waals surface area contributed by atoms with Gasteiger partial charge in [0.15, 0.2) is 11.0 Å². The van der Waals surface area contributed by atoms with Gasteiger partial charge in [-0.05, 0) is 36.4 Å². The minimum absolute atomic E-state index is 0.0117. The molecule has 0 aliphatic carbocycles. The second-order valence-electron chi connectivity index (χ2n) is 6.07. The number of nitrogens with one attached hydrogen (secondary N) is 1. The highest BCUT2D eigenvalue weighted by Gasteiger charge is 2.18. The van der Waals surface area contributed by atoms with Crippen LogP contribution < -0.4 is 14.8 Å². The van der Waals surface area contributed by atoms with Crippen molar-refractivity contribution >= 4 is 29.0 Å². The van der Waals surface area contributed by atoms with Crippen LogP contribution >= 0.6 is 11.8 Å². The summed E-state index contributed by atoms with van der Waals surface area (Å²) < 4.78 is 11.9. The molecule has 0 atom stereocenters. The molecule has 1 amide bonds. The van der Waals surface area contributed by atoms with Crippen molar-refractivity contribution in [3.05, 3.63) is 52.6 Å². The molecule has 1 N–H and O–H groups in total. The zero-order chi connectivity index (χ0) is 21.7. The highest BCUT2D eigenvalue weighted by Crippen LogP contribution is 2.29. The Hall–Kier alpha value is -3.60. The first-order chi connectivity index (χ1) is 14.4. The number of rotatable bonds is 8. The summed E-state index contributed by atoms with van der Waals surface area (Å²) in [5.74, 6) is 1.32. The summed E-state index contributed by atoms with van der Waals surface area (Å²) in [5, 5.41) is 22.6. The quantitative estimate of drug-likeness (QED) is 0.329. The van der Waals surface area contributed by atoms with Crippen molar-refractivity contribution in [2.45, 2.75) is 5.16 Å². The maximum absolute atomic E-state index is 12.3. The van der Waals surface area contributed by atoms with Crippen LogP contribution in [-0.4, -0.2) is 45.6 Å². The van der Waals surface area contributed by atoms with E-state index in [1.54, 1.807) is 24.8 Å². The Morgan fingerprint density at radius 2 is 1.80 bits per heavy atom. The fourth-order valence-corrected chi connectivity index (χ4v) is 3.35. The minimum Gasteiger partial charge on any atom is -0.497 e. The van der Waals surface area contributed by atoms with Crippen molar-refractivity contribution in [3.8, 4) is 22.9 Å². The maximum Gasteiger partial charge on any atom is 0.296 e. The number of nitrogens with zero attached hydrogens (tertiary/aromatic N) is 4. The summed E-state index contributed by atoms with van der Waals surface area (Å²) >= 11 is 1.18. The average molecular weight is 429 g/mol. The molecule has 0 unspecified atom stereocenters. The van der Waals surface area contributed by atoms with Crippen molar-refractivity contribution in [2.24, 2.45) is 7.05 Å². The molecule has 0 fully saturated rings. The van der Waals surface area contributed by atoms with Crippen LogP contribution in [0.2, 0.25) is 0 Å². The van der Waals surface area contributed by atoms with Crippen molar-refractivity contribution in [1.82, 2.24) is 14.8 Å². The molecule has 2 aromatic carbocycles. The number of thioether (sulfide) groups is 1. The van der Waals surface area contributed by atoms with Crippen molar-refractivity contribution < 1.29 is 19.2 Å². The average Bonchev–Trinajstić information content (AvgIpc) is 3.12. The predicted octanol–water partition coefficient (Wildman–Crippen LogP) is 3.14. The second-order valence-corrected chi connectivity index (χ2v) is 7.01. The van der Waals surface area contributed by atoms with Crippen LogP contribution in [0.3, 0.4) is 0 Å². The van der Waals surface area contributed by atoms with Crippen LogP contribution in [0.4, 0.5) is 11.4 Å². The van der Waals surface area contributed by atoms with Crippen molar-refractivity contribution in [3.63, 3.8) is 0 Å². The number of carbonyl (C=O) groups excluding carboxylic acids is 1. The van der Waals surface area contributed by atoms with E-state index in [1.807, 2.05) is 24.3 Å². The molecular formula is C19H19N5O5S. The first-order valence-corrected chi connectivity index (χ1v) is 9.70. The van der Waals surface area contributed by atoms with Gasteiger partial charge in [-0.2, -0.15) is 0 Å². The van der Waals surface area contributed by atoms with Gasteiger partial charge in [0.25, 0.3) is 5.69 Å². The fraction of sp³-hybridized carbons (Fsp3) is 0.211. The van der Waals surface area contributed by atoms with Gasteiger partial charge in [0.05, 0.1) is 31.0 Å². The van der Waals surface area contributed by atoms with E-state index in [0.717, 1.165) is 11.3 Å². The summed E-state index contributed by atoms with van der Waals surface area (Å²) in [6, 6.07) is 11.6. The Balaban J connectivity index is 1.67. The lowest BCUT2D eigenvalue weighted by Crippen LogP contribution is -2.15. The van der Waals surface area contributed by atoms with E-state index in [1.165, 1.54) is 31.0 Å². The first-order valence-electron chi connectivity index (χ1n) is 8.72. The Kier molecular flexibility index (Phi) is 6.52. The van der Waals surface area contributed by atoms with E-state index in [0.29, 0.717) is 16.7 Å². The molecule has 1 aromatic heterocycles. The number of anilines is 1. The van der Waals surface area contributed by atoms with E-state index in [2.05, 4.69) is 15.5 Å². The van der Waals surface area contributed by atoms with Crippen molar-refractivity contribution in [2.75, 3.05) is 25.3 Å². The topological polar surface area (TPSA) is 121 Å². The highest BCUT2D eigenvalue weighted by molar-refractivity contribution is 7.99. The van der Waals surface area contributed by atoms with Crippen LogP contribution in [0, 0.1) is 10.1 Å². The SMILES string of the molecule is COc1ccc(-c2nnc(SCC(=O)Nc3ccc(OC)cc3[N+](=O)[O-])n2C)cc1. The lowest BCUT2D eigenvalue weighted by Gasteiger charge is -2.08. The summed E-state index contributed by atoms with van der Waals surface area (Å²) in [6.45, 7) is 0. The third-order valence-corrected chi connectivity index (χ3v) is 5.21. The zero-order valence-electron chi connectivity index (χ0n) is 16.5. The van der Waals surface area contributed by atoms with E-state index < -0.39 is 10.8 Å². The maximum atomic E-state index is 12.3. The number of nitro benzene ring substituents is 1. The molecule has 3 aromatic rings. The molecule has 156 valence electrons. The number of hydrogen-bond acceptors (Lipinski definition) is 8. The Bertz CT molecular complexity index is 1070. The molecule has 0 aliphatic heterocycles. The summed E-state index contributed by atoms with van der Waals surface area (Å²) in [7, 11) is 4.81. The number of hydrogen-bond donors (Lipinski definition) is 1. The van der Waals surface area contributed by atoms with Gasteiger partial charge < -0.3 is 19.4 Å². The van der Waals surface area contributed by atoms with Gasteiger partial charge in [-0.3, -0.25) is 14.9 Å². The predicted molar refractivity (Wildman–Crippen MR) is 112 cm³/mol. The van der Waals surface area contributed by atoms with Gasteiger partial charge in [0.1, 0.15) is 17.2 Å². The molecule has 3 rings (SSSR count). The van der Waals surface area contributed by atoms with E-state index in [4.69, 9.17) is 9.47 Å². The number of benzene rings is 2. The van der Waals surface area contributed by atoms with Crippen LogP contribution in [0.1, 0.15) is 0 Å². The van der Waals surface area contributed by atoms with Gasteiger partial charge in [0.2, 0.25) is 5.91 Å². The number of nitro groups is 1. The van der Waals surface area contributed by atoms with Crippen LogP contribution in [0.15, 0.2) is 47.6 Å². The summed E-state index contributed by atoms with van der Waals surface area (Å²) in [4.78, 5) is 23.0. The molecule has 1 heterocycles. The number of methoxy groups -OCH3 is 2. The lowest BCUT2D eigenvalue weighted by molar-refractivity contribution is -0.384. The molecule has 0 bridgehead atoms. The number of aromatic nitrogens is 3. The van der Waals surface area contributed by atoms with Gasteiger partial charge in [-0.1, -0.05) is 11.8 Å². The zero-order valence-corrected chi connectivity index (χ0v) is 17.3. The molecule has 10 nitrogen and oxygen atoms in total. The Morgan fingerprint density at radius 1 is 1.13 bits per heavy atom. The van der Waals surface area contributed by atoms with Gasteiger partial charge in [0, 0.05) is 12.6 Å². The van der Waals surface area contributed by atoms with Crippen molar-refractivity contribution in [1.29, 1.82) is 0 Å². The van der Waals surface area contributed by atoms with Crippen LogP contribution in [0.25, 0.3) is 11.4 Å². The van der Waals surface area contributed by atoms with Crippen LogP contribution in [0.5, 0.6) is 11.5 Å².